The van der Waals surface area contributed by atoms with Crippen molar-refractivity contribution in [2.24, 2.45) is 16.7 Å². The second-order valence-corrected chi connectivity index (χ2v) is 6.95. The van der Waals surface area contributed by atoms with Crippen LogP contribution in [0.5, 0.6) is 0 Å². The molecule has 2 unspecified atom stereocenters. The van der Waals surface area contributed by atoms with E-state index < -0.39 is 0 Å². The van der Waals surface area contributed by atoms with E-state index in [0.717, 1.165) is 25.2 Å². The Morgan fingerprint density at radius 1 is 1.35 bits per heavy atom. The summed E-state index contributed by atoms with van der Waals surface area (Å²) < 4.78 is 5.58. The first kappa shape index (κ1) is 13.4. The SMILES string of the molecule is CCC(C)N1CCC(C)C2(COC2)C(C)(C)C1. The van der Waals surface area contributed by atoms with E-state index in [2.05, 4.69) is 39.5 Å². The van der Waals surface area contributed by atoms with E-state index >= 15 is 0 Å². The number of hydrogen-bond donors (Lipinski definition) is 0. The lowest BCUT2D eigenvalue weighted by Gasteiger charge is -2.55. The van der Waals surface area contributed by atoms with E-state index in [1.165, 1.54) is 25.9 Å². The molecule has 0 amide bonds. The van der Waals surface area contributed by atoms with Crippen LogP contribution in [0.3, 0.4) is 0 Å². The number of rotatable bonds is 2. The van der Waals surface area contributed by atoms with Gasteiger partial charge in [0.15, 0.2) is 0 Å². The van der Waals surface area contributed by atoms with Crippen molar-refractivity contribution >= 4 is 0 Å². The van der Waals surface area contributed by atoms with Crippen LogP contribution in [0, 0.1) is 16.7 Å². The quantitative estimate of drug-likeness (QED) is 0.734. The molecule has 2 heterocycles. The monoisotopic (exact) mass is 239 g/mol. The van der Waals surface area contributed by atoms with Gasteiger partial charge in [-0.1, -0.05) is 27.7 Å². The molecule has 0 aromatic heterocycles. The van der Waals surface area contributed by atoms with Crippen LogP contribution in [0.1, 0.15) is 47.5 Å². The van der Waals surface area contributed by atoms with Gasteiger partial charge in [-0.15, -0.1) is 0 Å². The molecule has 2 saturated heterocycles. The van der Waals surface area contributed by atoms with Gasteiger partial charge in [0.1, 0.15) is 0 Å². The molecule has 17 heavy (non-hydrogen) atoms. The summed E-state index contributed by atoms with van der Waals surface area (Å²) in [4.78, 5) is 2.70. The highest BCUT2D eigenvalue weighted by atomic mass is 16.5. The zero-order valence-corrected chi connectivity index (χ0v) is 12.3. The summed E-state index contributed by atoms with van der Waals surface area (Å²) in [6, 6.07) is 0.720. The van der Waals surface area contributed by atoms with Crippen molar-refractivity contribution in [3.8, 4) is 0 Å². The Hall–Kier alpha value is -0.0800. The maximum absolute atomic E-state index is 5.58. The van der Waals surface area contributed by atoms with Gasteiger partial charge < -0.3 is 9.64 Å². The van der Waals surface area contributed by atoms with Crippen molar-refractivity contribution in [3.63, 3.8) is 0 Å². The Labute approximate surface area is 107 Å². The molecule has 2 aliphatic rings. The average molecular weight is 239 g/mol. The van der Waals surface area contributed by atoms with Crippen LogP contribution in [0.15, 0.2) is 0 Å². The zero-order chi connectivity index (χ0) is 12.7. The topological polar surface area (TPSA) is 12.5 Å². The van der Waals surface area contributed by atoms with E-state index in [0.29, 0.717) is 10.8 Å². The molecule has 100 valence electrons. The van der Waals surface area contributed by atoms with Crippen LogP contribution in [-0.2, 0) is 4.74 Å². The predicted octanol–water partition coefficient (Wildman–Crippen LogP) is 3.17. The highest BCUT2D eigenvalue weighted by Gasteiger charge is 2.55. The van der Waals surface area contributed by atoms with Crippen molar-refractivity contribution in [1.29, 1.82) is 0 Å². The lowest BCUT2D eigenvalue weighted by molar-refractivity contribution is -0.201. The van der Waals surface area contributed by atoms with Crippen LogP contribution in [0.25, 0.3) is 0 Å². The van der Waals surface area contributed by atoms with Gasteiger partial charge in [0.25, 0.3) is 0 Å². The maximum atomic E-state index is 5.58. The van der Waals surface area contributed by atoms with Crippen LogP contribution >= 0.6 is 0 Å². The molecule has 1 spiro atoms. The molecule has 0 aliphatic carbocycles. The third-order valence-corrected chi connectivity index (χ3v) is 5.67. The van der Waals surface area contributed by atoms with Crippen LogP contribution < -0.4 is 0 Å². The van der Waals surface area contributed by atoms with E-state index in [1.54, 1.807) is 0 Å². The van der Waals surface area contributed by atoms with Crippen molar-refractivity contribution in [2.45, 2.75) is 53.5 Å². The average Bonchev–Trinajstić information content (AvgIpc) is 2.30. The fourth-order valence-electron chi connectivity index (χ4n) is 3.68. The fraction of sp³-hybridized carbons (Fsp3) is 1.00. The highest BCUT2D eigenvalue weighted by molar-refractivity contribution is 5.04. The van der Waals surface area contributed by atoms with Crippen LogP contribution in [0.2, 0.25) is 0 Å². The Kier molecular flexibility index (Phi) is 3.57. The van der Waals surface area contributed by atoms with Gasteiger partial charge in [-0.2, -0.15) is 0 Å². The summed E-state index contributed by atoms with van der Waals surface area (Å²) in [7, 11) is 0. The molecule has 0 bridgehead atoms. The number of ether oxygens (including phenoxy) is 1. The molecule has 2 nitrogen and oxygen atoms in total. The molecule has 2 heteroatoms. The maximum Gasteiger partial charge on any atom is 0.0553 e. The molecule has 0 saturated carbocycles. The Balaban J connectivity index is 2.19. The van der Waals surface area contributed by atoms with Gasteiger partial charge in [0.05, 0.1) is 13.2 Å². The van der Waals surface area contributed by atoms with E-state index in [1.807, 2.05) is 0 Å². The summed E-state index contributed by atoms with van der Waals surface area (Å²) in [5, 5.41) is 0. The molecule has 2 fully saturated rings. The molecule has 0 N–H and O–H groups in total. The Bertz CT molecular complexity index is 270. The van der Waals surface area contributed by atoms with Gasteiger partial charge in [-0.25, -0.2) is 0 Å². The van der Waals surface area contributed by atoms with Crippen molar-refractivity contribution < 1.29 is 4.74 Å². The van der Waals surface area contributed by atoms with Gasteiger partial charge in [-0.3, -0.25) is 0 Å². The first-order valence-corrected chi connectivity index (χ1v) is 7.25. The molecule has 0 aromatic rings. The first-order valence-electron chi connectivity index (χ1n) is 7.25. The summed E-state index contributed by atoms with van der Waals surface area (Å²) in [5.41, 5.74) is 0.819. The second-order valence-electron chi connectivity index (χ2n) is 6.95. The standard InChI is InChI=1S/C15H29NO/c1-6-13(3)16-8-7-12(2)15(10-17-11-15)14(4,5)9-16/h12-13H,6-11H2,1-5H3. The summed E-state index contributed by atoms with van der Waals surface area (Å²) in [6.45, 7) is 16.5. The van der Waals surface area contributed by atoms with Gasteiger partial charge >= 0.3 is 0 Å². The third-order valence-electron chi connectivity index (χ3n) is 5.67. The minimum Gasteiger partial charge on any atom is -0.380 e. The van der Waals surface area contributed by atoms with Crippen molar-refractivity contribution in [2.75, 3.05) is 26.3 Å². The van der Waals surface area contributed by atoms with E-state index in [9.17, 15) is 0 Å². The van der Waals surface area contributed by atoms with E-state index in [-0.39, 0.29) is 0 Å². The van der Waals surface area contributed by atoms with Crippen LogP contribution in [-0.4, -0.2) is 37.2 Å². The first-order chi connectivity index (χ1) is 7.93. The number of nitrogens with zero attached hydrogens (tertiary/aromatic N) is 1. The molecule has 2 aliphatic heterocycles. The Morgan fingerprint density at radius 2 is 2.00 bits per heavy atom. The minimum absolute atomic E-state index is 0.380. The van der Waals surface area contributed by atoms with Crippen molar-refractivity contribution in [3.05, 3.63) is 0 Å². The van der Waals surface area contributed by atoms with Gasteiger partial charge in [0, 0.05) is 18.0 Å². The fourth-order valence-corrected chi connectivity index (χ4v) is 3.68. The summed E-state index contributed by atoms with van der Waals surface area (Å²) in [5.74, 6) is 0.792. The molecule has 0 radical (unpaired) electrons. The second kappa shape index (κ2) is 4.55. The molecule has 2 rings (SSSR count). The highest BCUT2D eigenvalue weighted by Crippen LogP contribution is 2.53. The molecular weight excluding hydrogens is 210 g/mol. The van der Waals surface area contributed by atoms with Crippen LogP contribution in [0.4, 0.5) is 0 Å². The minimum atomic E-state index is 0.380. The smallest absolute Gasteiger partial charge is 0.0553 e. The molecule has 0 aromatic carbocycles. The largest absolute Gasteiger partial charge is 0.380 e. The number of likely N-dealkylation sites (tertiary alicyclic amines) is 1. The van der Waals surface area contributed by atoms with E-state index in [4.69, 9.17) is 4.74 Å². The summed E-state index contributed by atoms with van der Waals surface area (Å²) >= 11 is 0. The summed E-state index contributed by atoms with van der Waals surface area (Å²) in [6.07, 6.45) is 2.59. The lowest BCUT2D eigenvalue weighted by Crippen LogP contribution is -2.58. The Morgan fingerprint density at radius 3 is 2.47 bits per heavy atom. The third kappa shape index (κ3) is 2.04. The van der Waals surface area contributed by atoms with Gasteiger partial charge in [0.2, 0.25) is 0 Å². The molecule has 2 atom stereocenters. The normalized spacial score (nSPS) is 34.1. The zero-order valence-electron chi connectivity index (χ0n) is 12.3. The predicted molar refractivity (Wildman–Crippen MR) is 72.1 cm³/mol. The molecular formula is C15H29NO. The van der Waals surface area contributed by atoms with Crippen molar-refractivity contribution in [1.82, 2.24) is 4.90 Å². The number of hydrogen-bond acceptors (Lipinski definition) is 2. The van der Waals surface area contributed by atoms with Gasteiger partial charge in [-0.05, 0) is 37.6 Å². The lowest BCUT2D eigenvalue weighted by atomic mass is 9.58.